The highest BCUT2D eigenvalue weighted by atomic mass is 16.7. The molecule has 5 rings (SSSR count). The van der Waals surface area contributed by atoms with E-state index in [-0.39, 0.29) is 45.0 Å². The van der Waals surface area contributed by atoms with Crippen molar-refractivity contribution in [3.05, 3.63) is 53.9 Å². The van der Waals surface area contributed by atoms with E-state index in [9.17, 15) is 19.2 Å². The van der Waals surface area contributed by atoms with E-state index < -0.39 is 17.8 Å². The number of fused-ring (bicyclic) bond motifs is 2. The van der Waals surface area contributed by atoms with Crippen molar-refractivity contribution in [1.82, 2.24) is 15.0 Å². The summed E-state index contributed by atoms with van der Waals surface area (Å²) in [5.74, 6) is 0.274. The Hall–Kier alpha value is -5.67. The minimum atomic E-state index is -0.721. The lowest BCUT2D eigenvalue weighted by atomic mass is 9.92. The van der Waals surface area contributed by atoms with Gasteiger partial charge in [-0.15, -0.1) is 5.06 Å². The van der Waals surface area contributed by atoms with Gasteiger partial charge in [-0.3, -0.25) is 14.4 Å². The molecule has 3 amide bonds. The molecule has 15 nitrogen and oxygen atoms in total. The summed E-state index contributed by atoms with van der Waals surface area (Å²) in [5, 5.41) is 5.37. The minimum absolute atomic E-state index is 0.0419. The second-order valence-electron chi connectivity index (χ2n) is 13.9. The fourth-order valence-electron chi connectivity index (χ4n) is 6.55. The van der Waals surface area contributed by atoms with Crippen LogP contribution in [0.4, 0.5) is 11.4 Å². The van der Waals surface area contributed by atoms with E-state index in [1.54, 1.807) is 14.2 Å². The largest absolute Gasteiger partial charge is 0.496 e. The highest BCUT2D eigenvalue weighted by Crippen LogP contribution is 2.47. The van der Waals surface area contributed by atoms with Crippen LogP contribution in [0.3, 0.4) is 0 Å². The Labute approximate surface area is 333 Å². The van der Waals surface area contributed by atoms with E-state index in [0.29, 0.717) is 55.6 Å². The van der Waals surface area contributed by atoms with Gasteiger partial charge in [-0.25, -0.2) is 9.37 Å². The molecule has 0 radical (unpaired) electrons. The lowest BCUT2D eigenvalue weighted by Crippen LogP contribution is -2.32. The Morgan fingerprint density at radius 1 is 0.860 bits per heavy atom. The summed E-state index contributed by atoms with van der Waals surface area (Å²) < 4.78 is 31.5. The molecule has 15 heteroatoms. The maximum absolute atomic E-state index is 12.7. The monoisotopic (exact) mass is 788 g/mol. The van der Waals surface area contributed by atoms with Gasteiger partial charge >= 0.3 is 5.97 Å². The second-order valence-corrected chi connectivity index (χ2v) is 13.9. The van der Waals surface area contributed by atoms with Crippen molar-refractivity contribution < 1.29 is 47.4 Å². The summed E-state index contributed by atoms with van der Waals surface area (Å²) in [5.41, 5.74) is 5.45. The van der Waals surface area contributed by atoms with Crippen LogP contribution in [0.15, 0.2) is 52.9 Å². The topological polar surface area (TPSA) is 152 Å². The number of hydrogen-bond acceptors (Lipinski definition) is 12. The van der Waals surface area contributed by atoms with Crippen molar-refractivity contribution in [3.63, 3.8) is 0 Å². The molecular formula is C42H54N5O10+. The summed E-state index contributed by atoms with van der Waals surface area (Å²) in [6, 6.07) is 16.5. The van der Waals surface area contributed by atoms with E-state index in [0.717, 1.165) is 50.2 Å². The maximum atomic E-state index is 12.7. The molecule has 0 bridgehead atoms. The minimum Gasteiger partial charge on any atom is -0.496 e. The predicted molar refractivity (Wildman–Crippen MR) is 216 cm³/mol. The third-order valence-electron chi connectivity index (χ3n) is 9.64. The van der Waals surface area contributed by atoms with E-state index in [4.69, 9.17) is 28.2 Å². The number of anilines is 2. The van der Waals surface area contributed by atoms with Gasteiger partial charge in [0.1, 0.15) is 36.9 Å². The number of nitrogens with one attached hydrogen (secondary N) is 1. The van der Waals surface area contributed by atoms with Gasteiger partial charge in [0.15, 0.2) is 0 Å². The van der Waals surface area contributed by atoms with Gasteiger partial charge in [-0.1, -0.05) is 0 Å². The number of hydrogen-bond donors (Lipinski definition) is 1. The molecule has 1 N–H and O–H groups in total. The van der Waals surface area contributed by atoms with Crippen LogP contribution in [-0.4, -0.2) is 117 Å². The number of benzene rings is 3. The number of imide groups is 1. The SMILES string of the molecule is CCN(CCCC(=O)NCCOCCOCCC(=O)ON1C(=O)CCC1=O)c1cc(OC)c(-c2c3ccc(=[N+](C)C)cc-3oc3cc(N(C)C)ccc23)cc1OC. The molecule has 0 spiro atoms. The van der Waals surface area contributed by atoms with Gasteiger partial charge in [-0.05, 0) is 37.6 Å². The smallest absolute Gasteiger partial charge is 0.335 e. The van der Waals surface area contributed by atoms with Gasteiger partial charge in [0.25, 0.3) is 11.8 Å². The molecule has 57 heavy (non-hydrogen) atoms. The van der Waals surface area contributed by atoms with Crippen LogP contribution in [-0.2, 0) is 33.5 Å². The molecule has 0 unspecified atom stereocenters. The Morgan fingerprint density at radius 2 is 1.58 bits per heavy atom. The van der Waals surface area contributed by atoms with Crippen LogP contribution < -0.4 is 34.5 Å². The summed E-state index contributed by atoms with van der Waals surface area (Å²) in [6.45, 7) is 4.57. The molecule has 0 atom stereocenters. The third kappa shape index (κ3) is 10.6. The Balaban J connectivity index is 1.16. The molecule has 2 heterocycles. The Morgan fingerprint density at radius 3 is 2.25 bits per heavy atom. The Kier molecular flexibility index (Phi) is 14.9. The fraction of sp³-hybridized carbons (Fsp3) is 0.452. The van der Waals surface area contributed by atoms with Crippen LogP contribution in [0.5, 0.6) is 11.5 Å². The van der Waals surface area contributed by atoms with E-state index >= 15 is 0 Å². The first-order chi connectivity index (χ1) is 27.4. The van der Waals surface area contributed by atoms with Crippen molar-refractivity contribution in [2.45, 2.75) is 39.0 Å². The molecular weight excluding hydrogens is 734 g/mol. The van der Waals surface area contributed by atoms with Crippen LogP contribution in [0.2, 0.25) is 0 Å². The summed E-state index contributed by atoms with van der Waals surface area (Å²) in [6.07, 6.45) is 0.920. The number of rotatable bonds is 20. The zero-order valence-electron chi connectivity index (χ0n) is 34.0. The highest BCUT2D eigenvalue weighted by molar-refractivity contribution is 6.04. The van der Waals surface area contributed by atoms with Crippen molar-refractivity contribution in [1.29, 1.82) is 0 Å². The lowest BCUT2D eigenvalue weighted by molar-refractivity contribution is -0.198. The highest BCUT2D eigenvalue weighted by Gasteiger charge is 2.32. The third-order valence-corrected chi connectivity index (χ3v) is 9.64. The lowest BCUT2D eigenvalue weighted by Gasteiger charge is -2.27. The van der Waals surface area contributed by atoms with Crippen molar-refractivity contribution in [2.75, 3.05) is 98.3 Å². The number of carbonyl (C=O) groups excluding carboxylic acids is 4. The molecule has 1 fully saturated rings. The summed E-state index contributed by atoms with van der Waals surface area (Å²) >= 11 is 0. The van der Waals surface area contributed by atoms with E-state index in [2.05, 4.69) is 53.5 Å². The van der Waals surface area contributed by atoms with E-state index in [1.807, 2.05) is 49.8 Å². The Bertz CT molecular complexity index is 2090. The number of carbonyl (C=O) groups is 4. The van der Waals surface area contributed by atoms with Crippen LogP contribution in [0.25, 0.3) is 33.4 Å². The molecule has 2 aromatic rings. The van der Waals surface area contributed by atoms with Gasteiger partial charge < -0.3 is 43.3 Å². The fourth-order valence-corrected chi connectivity index (χ4v) is 6.55. The number of hydroxylamine groups is 2. The molecule has 3 aliphatic rings. The molecule has 306 valence electrons. The summed E-state index contributed by atoms with van der Waals surface area (Å²) in [7, 11) is 11.3. The van der Waals surface area contributed by atoms with Crippen LogP contribution >= 0.6 is 0 Å². The van der Waals surface area contributed by atoms with Gasteiger partial charge in [0.2, 0.25) is 11.3 Å². The predicted octanol–water partition coefficient (Wildman–Crippen LogP) is 4.07. The van der Waals surface area contributed by atoms with Gasteiger partial charge in [0.05, 0.1) is 58.8 Å². The van der Waals surface area contributed by atoms with Crippen molar-refractivity contribution >= 4 is 46.0 Å². The molecule has 2 aliphatic heterocycles. The number of amides is 3. The van der Waals surface area contributed by atoms with Gasteiger partial charge in [-0.2, -0.15) is 0 Å². The molecule has 1 saturated heterocycles. The van der Waals surface area contributed by atoms with Gasteiger partial charge in [0, 0.05) is 99.0 Å². The average molecular weight is 789 g/mol. The van der Waals surface area contributed by atoms with Crippen molar-refractivity contribution in [2.24, 2.45) is 0 Å². The quantitative estimate of drug-likeness (QED) is 0.0595. The first-order valence-corrected chi connectivity index (χ1v) is 19.1. The number of ether oxygens (including phenoxy) is 4. The first kappa shape index (κ1) is 42.5. The van der Waals surface area contributed by atoms with Crippen LogP contribution in [0.1, 0.15) is 39.0 Å². The van der Waals surface area contributed by atoms with Crippen molar-refractivity contribution in [3.8, 4) is 33.9 Å². The maximum Gasteiger partial charge on any atom is 0.335 e. The first-order valence-electron chi connectivity index (χ1n) is 19.1. The molecule has 2 aromatic carbocycles. The zero-order chi connectivity index (χ0) is 41.1. The van der Waals surface area contributed by atoms with E-state index in [1.165, 1.54) is 0 Å². The molecule has 0 saturated carbocycles. The molecule has 0 aromatic heterocycles. The molecule has 1 aliphatic carbocycles. The summed E-state index contributed by atoms with van der Waals surface area (Å²) in [4.78, 5) is 56.6. The standard InChI is InChI=1S/C42H53N5O10/c1-8-46(19-9-10-38(48)43-18-21-55-23-22-54-20-17-41(51)57-47-39(49)15-16-40(47)50)33-27-34(52-6)32(26-37(33)53-7)42-30-13-11-28(44(2)3)24-35(30)56-36-25-29(45(4)5)12-14-31(36)42/h11-14,24-27H,8-10,15-23H2,1-7H3/p+1. The zero-order valence-corrected chi connectivity index (χ0v) is 34.0. The number of methoxy groups -OCH3 is 2. The van der Waals surface area contributed by atoms with Crippen LogP contribution in [0, 0.1) is 0 Å². The second kappa shape index (κ2) is 20.0. The average Bonchev–Trinajstić information content (AvgIpc) is 3.51. The number of nitrogens with zero attached hydrogens (tertiary/aromatic N) is 4. The normalized spacial score (nSPS) is 12.6.